The van der Waals surface area contributed by atoms with Gasteiger partial charge in [0.2, 0.25) is 5.43 Å². The maximum Gasteiger partial charge on any atom is 0.270 e. The van der Waals surface area contributed by atoms with E-state index in [4.69, 9.17) is 9.47 Å². The van der Waals surface area contributed by atoms with E-state index in [1.807, 2.05) is 42.5 Å². The molecule has 0 atom stereocenters. The topological polar surface area (TPSA) is 76.9 Å². The fourth-order valence-electron chi connectivity index (χ4n) is 3.69. The monoisotopic (exact) mass is 434 g/mol. The molecule has 0 spiro atoms. The molecule has 8 nitrogen and oxygen atoms in total. The summed E-state index contributed by atoms with van der Waals surface area (Å²) in [4.78, 5) is 34.0. The molecule has 1 amide bonds. The number of carbonyl (C=O) groups excluding carboxylic acids is 1. The Labute approximate surface area is 186 Å². The van der Waals surface area contributed by atoms with Crippen molar-refractivity contribution in [2.75, 3.05) is 38.2 Å². The molecule has 3 heterocycles. The molecule has 8 heteroatoms. The summed E-state index contributed by atoms with van der Waals surface area (Å²) in [5.74, 6) is 1.67. The lowest BCUT2D eigenvalue weighted by molar-refractivity contribution is 0.0735. The normalized spacial score (nSPS) is 13.7. The number of nitrogens with zero attached hydrogens (tertiary/aromatic N) is 4. The van der Waals surface area contributed by atoms with E-state index in [0.29, 0.717) is 31.9 Å². The molecule has 0 N–H and O–H groups in total. The molecule has 1 aliphatic rings. The molecule has 3 aromatic rings. The minimum absolute atomic E-state index is 0.162. The molecule has 0 aliphatic carbocycles. The van der Waals surface area contributed by atoms with Crippen LogP contribution in [0.25, 0.3) is 0 Å². The van der Waals surface area contributed by atoms with Crippen molar-refractivity contribution in [1.29, 1.82) is 0 Å². The fourth-order valence-corrected chi connectivity index (χ4v) is 3.69. The number of hydrogen-bond donors (Lipinski definition) is 0. The first-order valence-electron chi connectivity index (χ1n) is 10.5. The summed E-state index contributed by atoms with van der Waals surface area (Å²) in [6.45, 7) is 2.75. The average Bonchev–Trinajstić information content (AvgIpc) is 2.84. The quantitative estimate of drug-likeness (QED) is 0.593. The second-order valence-corrected chi connectivity index (χ2v) is 7.61. The molecule has 0 bridgehead atoms. The second kappa shape index (κ2) is 9.55. The molecular formula is C24H26N4O4. The summed E-state index contributed by atoms with van der Waals surface area (Å²) in [5, 5.41) is 0. The van der Waals surface area contributed by atoms with Crippen molar-refractivity contribution < 1.29 is 14.3 Å². The molecule has 4 rings (SSSR count). The Bertz CT molecular complexity index is 1140. The number of aromatic nitrogens is 2. The van der Waals surface area contributed by atoms with Crippen LogP contribution in [-0.2, 0) is 13.7 Å². The summed E-state index contributed by atoms with van der Waals surface area (Å²) in [7, 11) is 3.35. The van der Waals surface area contributed by atoms with Crippen LogP contribution in [0.4, 0.5) is 5.82 Å². The predicted octanol–water partition coefficient (Wildman–Crippen LogP) is 2.33. The van der Waals surface area contributed by atoms with Crippen molar-refractivity contribution in [3.63, 3.8) is 0 Å². The largest absolute Gasteiger partial charge is 0.497 e. The van der Waals surface area contributed by atoms with Crippen molar-refractivity contribution in [3.05, 3.63) is 82.4 Å². The maximum atomic E-state index is 13.1. The van der Waals surface area contributed by atoms with Crippen LogP contribution in [0.3, 0.4) is 0 Å². The standard InChI is InChI=1S/C24H26N4O4/c1-26-16-22(32-17-18-6-5-7-19(14-18)31-2)21(29)15-20(26)24(30)28-12-10-27(11-13-28)23-8-3-4-9-25-23/h3-9,14-16H,10-13,17H2,1-2H3. The third kappa shape index (κ3) is 4.74. The van der Waals surface area contributed by atoms with Crippen LogP contribution in [-0.4, -0.2) is 53.6 Å². The van der Waals surface area contributed by atoms with Gasteiger partial charge in [-0.15, -0.1) is 0 Å². The Morgan fingerprint density at radius 2 is 1.88 bits per heavy atom. The number of amides is 1. The first-order chi connectivity index (χ1) is 15.5. The van der Waals surface area contributed by atoms with E-state index in [9.17, 15) is 9.59 Å². The van der Waals surface area contributed by atoms with E-state index < -0.39 is 0 Å². The first-order valence-corrected chi connectivity index (χ1v) is 10.5. The zero-order chi connectivity index (χ0) is 22.5. The molecule has 0 unspecified atom stereocenters. The van der Waals surface area contributed by atoms with E-state index >= 15 is 0 Å². The van der Waals surface area contributed by atoms with E-state index in [2.05, 4.69) is 9.88 Å². The molecule has 1 aromatic carbocycles. The number of piperazine rings is 1. The molecule has 0 saturated carbocycles. The number of rotatable bonds is 6. The number of anilines is 1. The van der Waals surface area contributed by atoms with Crippen LogP contribution in [0.1, 0.15) is 16.1 Å². The Balaban J connectivity index is 1.41. The van der Waals surface area contributed by atoms with Gasteiger partial charge in [-0.25, -0.2) is 4.98 Å². The van der Waals surface area contributed by atoms with Crippen molar-refractivity contribution >= 4 is 11.7 Å². The predicted molar refractivity (Wildman–Crippen MR) is 121 cm³/mol. The van der Waals surface area contributed by atoms with Gasteiger partial charge in [0.05, 0.1) is 13.3 Å². The lowest BCUT2D eigenvalue weighted by Gasteiger charge is -2.35. The third-order valence-electron chi connectivity index (χ3n) is 5.49. The zero-order valence-corrected chi connectivity index (χ0v) is 18.2. The van der Waals surface area contributed by atoms with Crippen LogP contribution in [0.2, 0.25) is 0 Å². The van der Waals surface area contributed by atoms with E-state index in [1.54, 1.807) is 36.0 Å². The first kappa shape index (κ1) is 21.4. The lowest BCUT2D eigenvalue weighted by atomic mass is 10.2. The molecule has 32 heavy (non-hydrogen) atoms. The van der Waals surface area contributed by atoms with Crippen molar-refractivity contribution in [3.8, 4) is 11.5 Å². The van der Waals surface area contributed by atoms with E-state index in [-0.39, 0.29) is 23.7 Å². The van der Waals surface area contributed by atoms with Crippen LogP contribution < -0.4 is 19.8 Å². The number of methoxy groups -OCH3 is 1. The summed E-state index contributed by atoms with van der Waals surface area (Å²) in [6, 6.07) is 14.6. The number of aryl methyl sites for hydroxylation is 1. The van der Waals surface area contributed by atoms with Gasteiger partial charge < -0.3 is 23.8 Å². The average molecular weight is 434 g/mol. The van der Waals surface area contributed by atoms with Crippen LogP contribution in [0.5, 0.6) is 11.5 Å². The van der Waals surface area contributed by atoms with Gasteiger partial charge in [-0.05, 0) is 29.8 Å². The van der Waals surface area contributed by atoms with Gasteiger partial charge in [0.1, 0.15) is 23.9 Å². The van der Waals surface area contributed by atoms with Gasteiger partial charge in [0.25, 0.3) is 5.91 Å². The Hall–Kier alpha value is -3.81. The highest BCUT2D eigenvalue weighted by atomic mass is 16.5. The molecular weight excluding hydrogens is 408 g/mol. The Morgan fingerprint density at radius 3 is 2.59 bits per heavy atom. The highest BCUT2D eigenvalue weighted by molar-refractivity contribution is 5.92. The number of benzene rings is 1. The summed E-state index contributed by atoms with van der Waals surface area (Å²) < 4.78 is 12.6. The molecule has 1 fully saturated rings. The van der Waals surface area contributed by atoms with Crippen molar-refractivity contribution in [1.82, 2.24) is 14.5 Å². The van der Waals surface area contributed by atoms with Crippen molar-refractivity contribution in [2.24, 2.45) is 7.05 Å². The van der Waals surface area contributed by atoms with E-state index in [0.717, 1.165) is 17.1 Å². The lowest BCUT2D eigenvalue weighted by Crippen LogP contribution is -2.49. The summed E-state index contributed by atoms with van der Waals surface area (Å²) in [6.07, 6.45) is 3.33. The number of ether oxygens (including phenoxy) is 2. The van der Waals surface area contributed by atoms with Crippen LogP contribution >= 0.6 is 0 Å². The van der Waals surface area contributed by atoms with Gasteiger partial charge in [-0.3, -0.25) is 9.59 Å². The number of carbonyl (C=O) groups is 1. The number of pyridine rings is 2. The van der Waals surface area contributed by atoms with Gasteiger partial charge in [0, 0.05) is 45.5 Å². The van der Waals surface area contributed by atoms with Gasteiger partial charge in [-0.1, -0.05) is 18.2 Å². The number of hydrogen-bond acceptors (Lipinski definition) is 6. The molecule has 166 valence electrons. The Morgan fingerprint density at radius 1 is 1.06 bits per heavy atom. The smallest absolute Gasteiger partial charge is 0.270 e. The highest BCUT2D eigenvalue weighted by Crippen LogP contribution is 2.17. The minimum Gasteiger partial charge on any atom is -0.497 e. The summed E-state index contributed by atoms with van der Waals surface area (Å²) in [5.41, 5.74) is 0.911. The molecule has 1 aliphatic heterocycles. The van der Waals surface area contributed by atoms with Gasteiger partial charge in [-0.2, -0.15) is 0 Å². The van der Waals surface area contributed by atoms with Crippen LogP contribution in [0, 0.1) is 0 Å². The van der Waals surface area contributed by atoms with Crippen LogP contribution in [0.15, 0.2) is 65.7 Å². The maximum absolute atomic E-state index is 13.1. The minimum atomic E-state index is -0.318. The molecule has 1 saturated heterocycles. The second-order valence-electron chi connectivity index (χ2n) is 7.61. The SMILES string of the molecule is COc1cccc(COc2cn(C)c(C(=O)N3CCN(c4ccccn4)CC3)cc2=O)c1. The highest BCUT2D eigenvalue weighted by Gasteiger charge is 2.24. The molecule has 0 radical (unpaired) electrons. The van der Waals surface area contributed by atoms with Gasteiger partial charge >= 0.3 is 0 Å². The molecule has 2 aromatic heterocycles. The Kier molecular flexibility index (Phi) is 6.39. The van der Waals surface area contributed by atoms with Gasteiger partial charge in [0.15, 0.2) is 5.75 Å². The summed E-state index contributed by atoms with van der Waals surface area (Å²) >= 11 is 0. The fraction of sp³-hybridized carbons (Fsp3) is 0.292. The third-order valence-corrected chi connectivity index (χ3v) is 5.49. The van der Waals surface area contributed by atoms with Crippen molar-refractivity contribution in [2.45, 2.75) is 6.61 Å². The van der Waals surface area contributed by atoms with E-state index in [1.165, 1.54) is 6.07 Å². The zero-order valence-electron chi connectivity index (χ0n) is 18.2.